The first-order valence-electron chi connectivity index (χ1n) is 7.74. The van der Waals surface area contributed by atoms with E-state index in [-0.39, 0.29) is 17.2 Å². The van der Waals surface area contributed by atoms with Crippen LogP contribution >= 0.6 is 0 Å². The number of hydrogen-bond donors (Lipinski definition) is 3. The van der Waals surface area contributed by atoms with E-state index < -0.39 is 0 Å². The molecule has 0 fully saturated rings. The predicted molar refractivity (Wildman–Crippen MR) is 93.5 cm³/mol. The number of aromatic nitrogens is 2. The number of aryl methyl sites for hydroxylation is 1. The van der Waals surface area contributed by atoms with Gasteiger partial charge in [-0.05, 0) is 25.1 Å². The van der Waals surface area contributed by atoms with Gasteiger partial charge in [0.1, 0.15) is 5.69 Å². The van der Waals surface area contributed by atoms with Crippen LogP contribution in [-0.2, 0) is 12.0 Å². The maximum atomic E-state index is 12.6. The third kappa shape index (κ3) is 3.73. The van der Waals surface area contributed by atoms with Gasteiger partial charge in [0.25, 0.3) is 5.91 Å². The molecule has 1 aromatic heterocycles. The van der Waals surface area contributed by atoms with E-state index in [0.29, 0.717) is 23.5 Å². The van der Waals surface area contributed by atoms with Crippen molar-refractivity contribution in [3.8, 4) is 0 Å². The maximum absolute atomic E-state index is 12.6. The van der Waals surface area contributed by atoms with Crippen LogP contribution in [0.3, 0.4) is 0 Å². The number of amidine groups is 1. The molecule has 0 aliphatic carbocycles. The molecule has 4 N–H and O–H groups in total. The molecule has 128 valence electrons. The van der Waals surface area contributed by atoms with Gasteiger partial charge in [-0.25, -0.2) is 0 Å². The van der Waals surface area contributed by atoms with Crippen LogP contribution in [0.5, 0.6) is 0 Å². The number of carbonyl (C=O) groups is 1. The van der Waals surface area contributed by atoms with Crippen LogP contribution in [-0.4, -0.2) is 26.7 Å². The zero-order chi connectivity index (χ0) is 17.9. The standard InChI is InChI=1S/C17H23N5O2/c1-5-22-13(10-14(20-22)17(2,3)4)16(23)19-12-8-6-7-11(9-12)15(18)21-24/h6-10,24H,5H2,1-4H3,(H2,18,21)(H,19,23). The highest BCUT2D eigenvalue weighted by Crippen LogP contribution is 2.22. The van der Waals surface area contributed by atoms with Crippen LogP contribution in [0.2, 0.25) is 0 Å². The van der Waals surface area contributed by atoms with Crippen molar-refractivity contribution in [2.45, 2.75) is 39.7 Å². The summed E-state index contributed by atoms with van der Waals surface area (Å²) >= 11 is 0. The lowest BCUT2D eigenvalue weighted by atomic mass is 9.92. The second-order valence-corrected chi connectivity index (χ2v) is 6.50. The van der Waals surface area contributed by atoms with E-state index in [4.69, 9.17) is 10.9 Å². The summed E-state index contributed by atoms with van der Waals surface area (Å²) in [6.07, 6.45) is 0. The zero-order valence-electron chi connectivity index (χ0n) is 14.4. The van der Waals surface area contributed by atoms with Gasteiger partial charge in [0.15, 0.2) is 5.84 Å². The molecule has 7 nitrogen and oxygen atoms in total. The molecular formula is C17H23N5O2. The molecule has 0 radical (unpaired) electrons. The predicted octanol–water partition coefficient (Wildman–Crippen LogP) is 2.55. The van der Waals surface area contributed by atoms with Crippen molar-refractivity contribution < 1.29 is 10.0 Å². The Kier molecular flexibility index (Phi) is 4.92. The molecule has 24 heavy (non-hydrogen) atoms. The van der Waals surface area contributed by atoms with Crippen LogP contribution in [0.15, 0.2) is 35.5 Å². The minimum Gasteiger partial charge on any atom is -0.409 e. The second-order valence-electron chi connectivity index (χ2n) is 6.50. The summed E-state index contributed by atoms with van der Waals surface area (Å²) in [7, 11) is 0. The third-order valence-corrected chi connectivity index (χ3v) is 3.60. The summed E-state index contributed by atoms with van der Waals surface area (Å²) in [6.45, 7) is 8.70. The number of amides is 1. The van der Waals surface area contributed by atoms with E-state index in [1.807, 2.05) is 13.0 Å². The number of carbonyl (C=O) groups excluding carboxylic acids is 1. The van der Waals surface area contributed by atoms with Crippen LogP contribution in [0.1, 0.15) is 49.4 Å². The van der Waals surface area contributed by atoms with Gasteiger partial charge in [-0.15, -0.1) is 0 Å². The number of anilines is 1. The quantitative estimate of drug-likeness (QED) is 0.347. The zero-order valence-corrected chi connectivity index (χ0v) is 14.4. The maximum Gasteiger partial charge on any atom is 0.273 e. The van der Waals surface area contributed by atoms with E-state index >= 15 is 0 Å². The lowest BCUT2D eigenvalue weighted by molar-refractivity contribution is 0.101. The average molecular weight is 329 g/mol. The van der Waals surface area contributed by atoms with Gasteiger partial charge in [0.2, 0.25) is 0 Å². The van der Waals surface area contributed by atoms with Crippen molar-refractivity contribution in [3.05, 3.63) is 47.3 Å². The number of hydrogen-bond acceptors (Lipinski definition) is 4. The van der Waals surface area contributed by atoms with Crippen LogP contribution < -0.4 is 11.1 Å². The average Bonchev–Trinajstić information content (AvgIpc) is 2.99. The van der Waals surface area contributed by atoms with Gasteiger partial charge < -0.3 is 16.3 Å². The lowest BCUT2D eigenvalue weighted by Gasteiger charge is -2.13. The summed E-state index contributed by atoms with van der Waals surface area (Å²) in [5.74, 6) is -0.267. The summed E-state index contributed by atoms with van der Waals surface area (Å²) in [5, 5.41) is 19.0. The Bertz CT molecular complexity index is 772. The third-order valence-electron chi connectivity index (χ3n) is 3.60. The highest BCUT2D eigenvalue weighted by Gasteiger charge is 2.22. The fraction of sp³-hybridized carbons (Fsp3) is 0.353. The fourth-order valence-electron chi connectivity index (χ4n) is 2.22. The van der Waals surface area contributed by atoms with Crippen molar-refractivity contribution in [3.63, 3.8) is 0 Å². The van der Waals surface area contributed by atoms with Crippen LogP contribution in [0, 0.1) is 0 Å². The molecule has 0 aliphatic heterocycles. The van der Waals surface area contributed by atoms with Crippen LogP contribution in [0.4, 0.5) is 5.69 Å². The van der Waals surface area contributed by atoms with Crippen molar-refractivity contribution in [2.75, 3.05) is 5.32 Å². The number of rotatable bonds is 4. The molecule has 2 rings (SSSR count). The molecule has 7 heteroatoms. The number of nitrogens with zero attached hydrogens (tertiary/aromatic N) is 3. The molecule has 1 aromatic carbocycles. The minimum atomic E-state index is -0.253. The Labute approximate surface area is 141 Å². The minimum absolute atomic E-state index is 0.0142. The SMILES string of the molecule is CCn1nc(C(C)(C)C)cc1C(=O)Nc1cccc(C(N)=NO)c1. The summed E-state index contributed by atoms with van der Waals surface area (Å²) in [6, 6.07) is 8.61. The normalized spacial score (nSPS) is 12.2. The molecule has 1 heterocycles. The number of oxime groups is 1. The first kappa shape index (κ1) is 17.5. The summed E-state index contributed by atoms with van der Waals surface area (Å²) in [5.41, 5.74) is 7.88. The molecule has 0 aliphatic rings. The molecule has 0 atom stereocenters. The van der Waals surface area contributed by atoms with Gasteiger partial charge in [0, 0.05) is 23.2 Å². The molecule has 0 bridgehead atoms. The Balaban J connectivity index is 2.29. The van der Waals surface area contributed by atoms with Gasteiger partial charge in [0.05, 0.1) is 5.69 Å². The number of benzene rings is 1. The first-order valence-corrected chi connectivity index (χ1v) is 7.74. The van der Waals surface area contributed by atoms with Gasteiger partial charge in [-0.3, -0.25) is 9.48 Å². The summed E-state index contributed by atoms with van der Waals surface area (Å²) < 4.78 is 1.68. The Morgan fingerprint density at radius 3 is 2.67 bits per heavy atom. The lowest BCUT2D eigenvalue weighted by Crippen LogP contribution is -2.18. The van der Waals surface area contributed by atoms with E-state index in [0.717, 1.165) is 5.69 Å². The van der Waals surface area contributed by atoms with E-state index in [1.165, 1.54) is 0 Å². The van der Waals surface area contributed by atoms with Crippen molar-refractivity contribution in [1.29, 1.82) is 0 Å². The van der Waals surface area contributed by atoms with Gasteiger partial charge in [-0.2, -0.15) is 5.10 Å². The number of nitrogens with one attached hydrogen (secondary N) is 1. The molecular weight excluding hydrogens is 306 g/mol. The topological polar surface area (TPSA) is 106 Å². The fourth-order valence-corrected chi connectivity index (χ4v) is 2.22. The van der Waals surface area contributed by atoms with E-state index in [2.05, 4.69) is 36.3 Å². The Morgan fingerprint density at radius 2 is 2.08 bits per heavy atom. The number of nitrogens with two attached hydrogens (primary N) is 1. The largest absolute Gasteiger partial charge is 0.409 e. The molecule has 2 aromatic rings. The van der Waals surface area contributed by atoms with Gasteiger partial charge >= 0.3 is 0 Å². The molecule has 0 spiro atoms. The molecule has 0 unspecified atom stereocenters. The molecule has 0 saturated heterocycles. The first-order chi connectivity index (χ1) is 11.3. The highest BCUT2D eigenvalue weighted by atomic mass is 16.4. The van der Waals surface area contributed by atoms with Crippen molar-refractivity contribution in [1.82, 2.24) is 9.78 Å². The van der Waals surface area contributed by atoms with E-state index in [9.17, 15) is 4.79 Å². The molecule has 0 saturated carbocycles. The Hall–Kier alpha value is -2.83. The Morgan fingerprint density at radius 1 is 1.38 bits per heavy atom. The van der Waals surface area contributed by atoms with Crippen molar-refractivity contribution >= 4 is 17.4 Å². The highest BCUT2D eigenvalue weighted by molar-refractivity contribution is 6.04. The van der Waals surface area contributed by atoms with Crippen LogP contribution in [0.25, 0.3) is 0 Å². The summed E-state index contributed by atoms with van der Waals surface area (Å²) in [4.78, 5) is 12.6. The van der Waals surface area contributed by atoms with Crippen molar-refractivity contribution in [2.24, 2.45) is 10.9 Å². The smallest absolute Gasteiger partial charge is 0.273 e. The van der Waals surface area contributed by atoms with E-state index in [1.54, 1.807) is 28.9 Å². The molecule has 1 amide bonds. The monoisotopic (exact) mass is 329 g/mol. The second kappa shape index (κ2) is 6.74. The van der Waals surface area contributed by atoms with Gasteiger partial charge in [-0.1, -0.05) is 38.1 Å².